The summed E-state index contributed by atoms with van der Waals surface area (Å²) in [6, 6.07) is 14.8. The molecular weight excluding hydrogens is 601 g/mol. The Balaban J connectivity index is 1.18. The van der Waals surface area contributed by atoms with Gasteiger partial charge in [0.1, 0.15) is 5.75 Å². The number of halogens is 3. The number of esters is 3. The van der Waals surface area contributed by atoms with Crippen molar-refractivity contribution in [1.29, 1.82) is 0 Å². The van der Waals surface area contributed by atoms with E-state index >= 15 is 0 Å². The van der Waals surface area contributed by atoms with Crippen molar-refractivity contribution in [3.8, 4) is 5.75 Å². The number of hydrogen-bond acceptors (Lipinski definition) is 8. The highest BCUT2D eigenvalue weighted by atomic mass is 19.4. The van der Waals surface area contributed by atoms with Crippen LogP contribution in [0.2, 0.25) is 0 Å². The van der Waals surface area contributed by atoms with Gasteiger partial charge in [0.15, 0.2) is 0 Å². The normalized spacial score (nSPS) is 11.4. The van der Waals surface area contributed by atoms with Crippen LogP contribution in [0.1, 0.15) is 89.6 Å². The van der Waals surface area contributed by atoms with E-state index < -0.39 is 29.6 Å². The third-order valence-electron chi connectivity index (χ3n) is 6.93. The number of alkyl halides is 3. The molecule has 0 atom stereocenters. The van der Waals surface area contributed by atoms with Crippen molar-refractivity contribution in [3.63, 3.8) is 0 Å². The molecule has 0 saturated heterocycles. The van der Waals surface area contributed by atoms with Crippen molar-refractivity contribution in [2.75, 3.05) is 24.7 Å². The van der Waals surface area contributed by atoms with E-state index in [9.17, 15) is 27.6 Å². The number of benzene rings is 3. The highest BCUT2D eigenvalue weighted by Gasteiger charge is 2.30. The second-order valence-corrected chi connectivity index (χ2v) is 10.7. The van der Waals surface area contributed by atoms with Gasteiger partial charge in [0.25, 0.3) is 0 Å². The average molecular weight is 641 g/mol. The molecule has 0 unspecified atom stereocenters. The van der Waals surface area contributed by atoms with Crippen LogP contribution in [0.15, 0.2) is 72.8 Å². The highest BCUT2D eigenvalue weighted by Crippen LogP contribution is 2.29. The molecule has 0 spiro atoms. The van der Waals surface area contributed by atoms with Crippen LogP contribution in [0.25, 0.3) is 6.08 Å². The van der Waals surface area contributed by atoms with Crippen LogP contribution in [-0.2, 0) is 20.4 Å². The van der Waals surface area contributed by atoms with E-state index in [1.807, 2.05) is 0 Å². The Kier molecular flexibility index (Phi) is 14.1. The molecule has 0 aliphatic heterocycles. The average Bonchev–Trinajstić information content (AvgIpc) is 3.02. The van der Waals surface area contributed by atoms with Gasteiger partial charge in [-0.1, -0.05) is 57.1 Å². The van der Waals surface area contributed by atoms with Crippen molar-refractivity contribution in [3.05, 3.63) is 95.1 Å². The number of unbranched alkanes of at least 4 members (excludes halogenated alkanes) is 8. The molecule has 0 bridgehead atoms. The number of nitrogen functional groups attached to an aromatic ring is 2. The lowest BCUT2D eigenvalue weighted by atomic mass is 10.1. The molecule has 0 fully saturated rings. The molecule has 0 radical (unpaired) electrons. The summed E-state index contributed by atoms with van der Waals surface area (Å²) in [5.74, 6) is -1.45. The quantitative estimate of drug-likeness (QED) is 0.0499. The molecule has 0 heterocycles. The standard InChI is InChI=1S/C35H39F3N2O6/c36-35(37,38)28-15-13-26(14-16-28)34(43)46-31-17-10-25(11-18-31)12-19-32(41)44-20-8-6-4-2-1-3-5-7-9-21-45-33(42)27-22-29(39)24-30(40)23-27/h10-19,22-24H,1-9,20-21,39-40H2/b19-12+. The Bertz CT molecular complexity index is 1430. The molecule has 4 N–H and O–H groups in total. The topological polar surface area (TPSA) is 131 Å². The molecule has 3 aromatic rings. The second-order valence-electron chi connectivity index (χ2n) is 10.7. The van der Waals surface area contributed by atoms with Crippen molar-refractivity contribution < 1.29 is 41.8 Å². The van der Waals surface area contributed by atoms with Crippen LogP contribution in [0.5, 0.6) is 5.75 Å². The summed E-state index contributed by atoms with van der Waals surface area (Å²) in [7, 11) is 0. The minimum absolute atomic E-state index is 0.00750. The Morgan fingerprint density at radius 1 is 0.630 bits per heavy atom. The number of carbonyl (C=O) groups is 3. The van der Waals surface area contributed by atoms with Crippen molar-refractivity contribution in [2.45, 2.75) is 64.0 Å². The summed E-state index contributed by atoms with van der Waals surface area (Å²) in [6.45, 7) is 0.699. The number of rotatable bonds is 17. The molecule has 46 heavy (non-hydrogen) atoms. The first-order chi connectivity index (χ1) is 22.0. The molecule has 0 aliphatic rings. The van der Waals surface area contributed by atoms with E-state index in [-0.39, 0.29) is 11.3 Å². The maximum Gasteiger partial charge on any atom is 0.416 e. The molecule has 3 aromatic carbocycles. The van der Waals surface area contributed by atoms with E-state index in [2.05, 4.69) is 0 Å². The highest BCUT2D eigenvalue weighted by molar-refractivity contribution is 5.92. The van der Waals surface area contributed by atoms with Crippen LogP contribution in [0, 0.1) is 0 Å². The first kappa shape index (κ1) is 35.7. The summed E-state index contributed by atoms with van der Waals surface area (Å²) >= 11 is 0. The number of anilines is 2. The maximum absolute atomic E-state index is 12.7. The van der Waals surface area contributed by atoms with E-state index in [4.69, 9.17) is 25.7 Å². The largest absolute Gasteiger partial charge is 0.463 e. The molecule has 3 rings (SSSR count). The SMILES string of the molecule is Nc1cc(N)cc(C(=O)OCCCCCCCCCCCOC(=O)/C=C/c2ccc(OC(=O)c3ccc(C(F)(F)F)cc3)cc2)c1. The molecule has 246 valence electrons. The van der Waals surface area contributed by atoms with Gasteiger partial charge in [-0.15, -0.1) is 0 Å². The predicted molar refractivity (Wildman–Crippen MR) is 170 cm³/mol. The van der Waals surface area contributed by atoms with Crippen LogP contribution >= 0.6 is 0 Å². The van der Waals surface area contributed by atoms with Gasteiger partial charge in [0.05, 0.1) is 29.9 Å². The van der Waals surface area contributed by atoms with Crippen LogP contribution in [-0.4, -0.2) is 31.1 Å². The number of carbonyl (C=O) groups excluding carboxylic acids is 3. The van der Waals surface area contributed by atoms with E-state index in [0.717, 1.165) is 82.1 Å². The lowest BCUT2D eigenvalue weighted by Gasteiger charge is -2.08. The molecule has 0 aliphatic carbocycles. The summed E-state index contributed by atoms with van der Waals surface area (Å²) < 4.78 is 53.8. The smallest absolute Gasteiger partial charge is 0.416 e. The van der Waals surface area contributed by atoms with E-state index in [1.54, 1.807) is 36.4 Å². The second kappa shape index (κ2) is 18.2. The first-order valence-corrected chi connectivity index (χ1v) is 15.2. The Hall–Kier alpha value is -4.80. The van der Waals surface area contributed by atoms with Gasteiger partial charge < -0.3 is 25.7 Å². The maximum atomic E-state index is 12.7. The zero-order valence-electron chi connectivity index (χ0n) is 25.5. The Labute approximate surface area is 266 Å². The Morgan fingerprint density at radius 3 is 1.70 bits per heavy atom. The lowest BCUT2D eigenvalue weighted by Crippen LogP contribution is -2.10. The molecule has 0 aromatic heterocycles. The molecule has 0 saturated carbocycles. The summed E-state index contributed by atoms with van der Waals surface area (Å²) in [5.41, 5.74) is 12.4. The fraction of sp³-hybridized carbons (Fsp3) is 0.343. The Morgan fingerprint density at radius 2 is 1.15 bits per heavy atom. The number of hydrogen-bond donors (Lipinski definition) is 2. The molecule has 11 heteroatoms. The fourth-order valence-electron chi connectivity index (χ4n) is 4.48. The van der Waals surface area contributed by atoms with Gasteiger partial charge >= 0.3 is 24.1 Å². The minimum atomic E-state index is -4.49. The minimum Gasteiger partial charge on any atom is -0.463 e. The van der Waals surface area contributed by atoms with Gasteiger partial charge in [-0.3, -0.25) is 0 Å². The van der Waals surface area contributed by atoms with Crippen molar-refractivity contribution in [2.24, 2.45) is 0 Å². The first-order valence-electron chi connectivity index (χ1n) is 15.2. The lowest BCUT2D eigenvalue weighted by molar-refractivity contribution is -0.138. The molecule has 0 amide bonds. The summed E-state index contributed by atoms with van der Waals surface area (Å²) in [5, 5.41) is 0. The summed E-state index contributed by atoms with van der Waals surface area (Å²) in [6.07, 6.45) is 7.42. The zero-order valence-corrected chi connectivity index (χ0v) is 25.5. The van der Waals surface area contributed by atoms with Gasteiger partial charge in [-0.2, -0.15) is 13.2 Å². The van der Waals surface area contributed by atoms with Gasteiger partial charge in [-0.25, -0.2) is 14.4 Å². The molecular formula is C35H39F3N2O6. The van der Waals surface area contributed by atoms with Crippen LogP contribution in [0.3, 0.4) is 0 Å². The van der Waals surface area contributed by atoms with Crippen LogP contribution < -0.4 is 16.2 Å². The van der Waals surface area contributed by atoms with Gasteiger partial charge in [0.2, 0.25) is 0 Å². The van der Waals surface area contributed by atoms with E-state index in [1.165, 1.54) is 18.2 Å². The third-order valence-corrected chi connectivity index (χ3v) is 6.93. The fourth-order valence-corrected chi connectivity index (χ4v) is 4.48. The van der Waals surface area contributed by atoms with Gasteiger partial charge in [0, 0.05) is 17.5 Å². The van der Waals surface area contributed by atoms with Crippen molar-refractivity contribution in [1.82, 2.24) is 0 Å². The monoisotopic (exact) mass is 640 g/mol. The molecule has 8 nitrogen and oxygen atoms in total. The third kappa shape index (κ3) is 13.1. The van der Waals surface area contributed by atoms with Crippen LogP contribution in [0.4, 0.5) is 24.5 Å². The zero-order chi connectivity index (χ0) is 33.4. The van der Waals surface area contributed by atoms with Gasteiger partial charge in [-0.05, 0) is 79.1 Å². The number of ether oxygens (including phenoxy) is 3. The summed E-state index contributed by atoms with van der Waals surface area (Å²) in [4.78, 5) is 36.3. The van der Waals surface area contributed by atoms with Crippen molar-refractivity contribution >= 4 is 35.4 Å². The van der Waals surface area contributed by atoms with E-state index in [0.29, 0.717) is 35.7 Å². The predicted octanol–water partition coefficient (Wildman–Crippen LogP) is 8.01. The number of nitrogens with two attached hydrogens (primary N) is 2.